The molecule has 30 heavy (non-hydrogen) atoms. The molecule has 0 aliphatic carbocycles. The number of ether oxygens (including phenoxy) is 4. The summed E-state index contributed by atoms with van der Waals surface area (Å²) in [5.41, 5.74) is 1.49. The number of hydrogen-bond acceptors (Lipinski definition) is 6. The number of amides is 1. The molecule has 0 unspecified atom stereocenters. The fourth-order valence-corrected chi connectivity index (χ4v) is 3.51. The maximum Gasteiger partial charge on any atom is 0.262 e. The molecule has 0 radical (unpaired) electrons. The van der Waals surface area contributed by atoms with Crippen molar-refractivity contribution in [1.29, 1.82) is 0 Å². The summed E-state index contributed by atoms with van der Waals surface area (Å²) in [6.45, 7) is 7.61. The zero-order chi connectivity index (χ0) is 21.3. The normalized spacial score (nSPS) is 13.6. The van der Waals surface area contributed by atoms with Gasteiger partial charge in [0.2, 0.25) is 0 Å². The number of benzene rings is 2. The minimum atomic E-state index is -0.280. The van der Waals surface area contributed by atoms with Crippen molar-refractivity contribution in [3.05, 3.63) is 40.9 Å². The van der Waals surface area contributed by atoms with E-state index >= 15 is 0 Å². The minimum absolute atomic E-state index is 0.114. The van der Waals surface area contributed by atoms with E-state index in [1.165, 1.54) is 0 Å². The number of anilines is 2. The van der Waals surface area contributed by atoms with Crippen LogP contribution in [0.4, 0.5) is 11.4 Å². The highest BCUT2D eigenvalue weighted by atomic mass is 79.9. The SMILES string of the molecule is CCOc1cc(N2CCOCC2)c(OCC)cc1NC(=O)COc1cccc(Br)c1. The highest BCUT2D eigenvalue weighted by Gasteiger charge is 2.20. The van der Waals surface area contributed by atoms with Gasteiger partial charge >= 0.3 is 0 Å². The number of halogens is 1. The lowest BCUT2D eigenvalue weighted by Gasteiger charge is -2.31. The van der Waals surface area contributed by atoms with Crippen molar-refractivity contribution >= 4 is 33.2 Å². The lowest BCUT2D eigenvalue weighted by molar-refractivity contribution is -0.118. The molecule has 8 heteroatoms. The first-order chi connectivity index (χ1) is 14.6. The van der Waals surface area contributed by atoms with Crippen LogP contribution in [0.2, 0.25) is 0 Å². The Bertz CT molecular complexity index is 855. The Balaban J connectivity index is 1.77. The van der Waals surface area contributed by atoms with Crippen LogP contribution in [0.15, 0.2) is 40.9 Å². The van der Waals surface area contributed by atoms with Gasteiger partial charge in [0.05, 0.1) is 37.8 Å². The molecule has 0 saturated carbocycles. The van der Waals surface area contributed by atoms with E-state index in [0.29, 0.717) is 49.4 Å². The topological polar surface area (TPSA) is 69.3 Å². The molecule has 2 aromatic rings. The molecule has 2 aromatic carbocycles. The van der Waals surface area contributed by atoms with Gasteiger partial charge in [-0.2, -0.15) is 0 Å². The Morgan fingerprint density at radius 1 is 1.07 bits per heavy atom. The molecule has 1 aliphatic rings. The molecule has 1 saturated heterocycles. The number of carbonyl (C=O) groups is 1. The molecule has 162 valence electrons. The van der Waals surface area contributed by atoms with E-state index < -0.39 is 0 Å². The number of carbonyl (C=O) groups excluding carboxylic acids is 1. The highest BCUT2D eigenvalue weighted by Crippen LogP contribution is 2.39. The third-order valence-electron chi connectivity index (χ3n) is 4.45. The summed E-state index contributed by atoms with van der Waals surface area (Å²) < 4.78 is 23.6. The predicted octanol–water partition coefficient (Wildman–Crippen LogP) is 4.10. The molecule has 0 aromatic heterocycles. The quantitative estimate of drug-likeness (QED) is 0.584. The molecule has 7 nitrogen and oxygen atoms in total. The van der Waals surface area contributed by atoms with E-state index in [0.717, 1.165) is 23.2 Å². The number of nitrogens with zero attached hydrogens (tertiary/aromatic N) is 1. The third kappa shape index (κ3) is 6.03. The van der Waals surface area contributed by atoms with Gasteiger partial charge in [-0.05, 0) is 32.0 Å². The second kappa shape index (κ2) is 11.1. The lowest BCUT2D eigenvalue weighted by atomic mass is 10.2. The van der Waals surface area contributed by atoms with Crippen molar-refractivity contribution < 1.29 is 23.7 Å². The average Bonchev–Trinajstić information content (AvgIpc) is 2.75. The van der Waals surface area contributed by atoms with Crippen LogP contribution < -0.4 is 24.4 Å². The van der Waals surface area contributed by atoms with Crippen molar-refractivity contribution in [3.8, 4) is 17.2 Å². The number of rotatable bonds is 9. The van der Waals surface area contributed by atoms with E-state index in [1.807, 2.05) is 44.2 Å². The third-order valence-corrected chi connectivity index (χ3v) is 4.95. The Morgan fingerprint density at radius 2 is 1.80 bits per heavy atom. The van der Waals surface area contributed by atoms with Gasteiger partial charge in [-0.3, -0.25) is 4.79 Å². The van der Waals surface area contributed by atoms with E-state index in [2.05, 4.69) is 26.1 Å². The summed E-state index contributed by atoms with van der Waals surface area (Å²) in [5.74, 6) is 1.63. The van der Waals surface area contributed by atoms with Crippen molar-refractivity contribution in [2.75, 3.05) is 56.3 Å². The van der Waals surface area contributed by atoms with Crippen molar-refractivity contribution in [2.45, 2.75) is 13.8 Å². The summed E-state index contributed by atoms with van der Waals surface area (Å²) in [6, 6.07) is 11.1. The van der Waals surface area contributed by atoms with Gasteiger partial charge in [-0.1, -0.05) is 22.0 Å². The molecule has 0 spiro atoms. The Labute approximate surface area is 185 Å². The molecule has 1 aliphatic heterocycles. The van der Waals surface area contributed by atoms with E-state index in [9.17, 15) is 4.79 Å². The van der Waals surface area contributed by atoms with Gasteiger partial charge in [0.1, 0.15) is 17.2 Å². The van der Waals surface area contributed by atoms with Crippen LogP contribution in [0.5, 0.6) is 17.2 Å². The van der Waals surface area contributed by atoms with Gasteiger partial charge in [-0.15, -0.1) is 0 Å². The maximum absolute atomic E-state index is 12.5. The largest absolute Gasteiger partial charge is 0.492 e. The van der Waals surface area contributed by atoms with Crippen molar-refractivity contribution in [2.24, 2.45) is 0 Å². The van der Waals surface area contributed by atoms with Gasteiger partial charge in [-0.25, -0.2) is 0 Å². The smallest absolute Gasteiger partial charge is 0.262 e. The van der Waals surface area contributed by atoms with Crippen LogP contribution in [0.25, 0.3) is 0 Å². The van der Waals surface area contributed by atoms with Crippen LogP contribution in [0.3, 0.4) is 0 Å². The first-order valence-electron chi connectivity index (χ1n) is 10.0. The zero-order valence-corrected chi connectivity index (χ0v) is 18.9. The second-order valence-corrected chi connectivity index (χ2v) is 7.49. The number of hydrogen-bond donors (Lipinski definition) is 1. The van der Waals surface area contributed by atoms with Gasteiger partial charge in [0, 0.05) is 29.7 Å². The van der Waals surface area contributed by atoms with Gasteiger partial charge in [0.25, 0.3) is 5.91 Å². The molecule has 1 N–H and O–H groups in total. The predicted molar refractivity (Wildman–Crippen MR) is 120 cm³/mol. The first-order valence-corrected chi connectivity index (χ1v) is 10.8. The molecular weight excluding hydrogens is 452 g/mol. The molecule has 1 heterocycles. The summed E-state index contributed by atoms with van der Waals surface area (Å²) in [4.78, 5) is 14.7. The molecular formula is C22H27BrN2O5. The van der Waals surface area contributed by atoms with Crippen LogP contribution >= 0.6 is 15.9 Å². The van der Waals surface area contributed by atoms with E-state index in [1.54, 1.807) is 6.07 Å². The summed E-state index contributed by atoms with van der Waals surface area (Å²) in [5, 5.41) is 2.89. The summed E-state index contributed by atoms with van der Waals surface area (Å²) in [6.07, 6.45) is 0. The maximum atomic E-state index is 12.5. The summed E-state index contributed by atoms with van der Waals surface area (Å²) in [7, 11) is 0. The van der Waals surface area contributed by atoms with Crippen LogP contribution in [-0.4, -0.2) is 52.0 Å². The fraction of sp³-hybridized carbons (Fsp3) is 0.409. The highest BCUT2D eigenvalue weighted by molar-refractivity contribution is 9.10. The van der Waals surface area contributed by atoms with Crippen LogP contribution in [-0.2, 0) is 9.53 Å². The van der Waals surface area contributed by atoms with E-state index in [4.69, 9.17) is 18.9 Å². The molecule has 0 bridgehead atoms. The first kappa shape index (κ1) is 22.2. The Kier molecular flexibility index (Phi) is 8.21. The Hall–Kier alpha value is -2.45. The second-order valence-electron chi connectivity index (χ2n) is 6.58. The zero-order valence-electron chi connectivity index (χ0n) is 17.3. The minimum Gasteiger partial charge on any atom is -0.492 e. The average molecular weight is 479 g/mol. The number of morpholine rings is 1. The number of nitrogens with one attached hydrogen (secondary N) is 1. The fourth-order valence-electron chi connectivity index (χ4n) is 3.14. The molecule has 1 amide bonds. The van der Waals surface area contributed by atoms with Crippen molar-refractivity contribution in [1.82, 2.24) is 0 Å². The monoisotopic (exact) mass is 478 g/mol. The van der Waals surface area contributed by atoms with Crippen LogP contribution in [0, 0.1) is 0 Å². The molecule has 3 rings (SSSR count). The standard InChI is InChI=1S/C22H27BrN2O5/c1-3-28-20-14-19(25-8-10-27-11-9-25)21(29-4-2)13-18(20)24-22(26)15-30-17-7-5-6-16(23)12-17/h5-7,12-14H,3-4,8-11,15H2,1-2H3,(H,24,26). The van der Waals surface area contributed by atoms with Crippen LogP contribution in [0.1, 0.15) is 13.8 Å². The van der Waals surface area contributed by atoms with E-state index in [-0.39, 0.29) is 12.5 Å². The van der Waals surface area contributed by atoms with Crippen molar-refractivity contribution in [3.63, 3.8) is 0 Å². The molecule has 1 fully saturated rings. The Morgan fingerprint density at radius 3 is 2.50 bits per heavy atom. The lowest BCUT2D eigenvalue weighted by Crippen LogP contribution is -2.36. The van der Waals surface area contributed by atoms with Gasteiger partial charge < -0.3 is 29.2 Å². The summed E-state index contributed by atoms with van der Waals surface area (Å²) >= 11 is 3.39. The molecule has 0 atom stereocenters. The van der Waals surface area contributed by atoms with Gasteiger partial charge in [0.15, 0.2) is 6.61 Å².